The molecule has 0 radical (unpaired) electrons. The van der Waals surface area contributed by atoms with Gasteiger partial charge in [-0.25, -0.2) is 0 Å². The Hall–Kier alpha value is -2.10. The van der Waals surface area contributed by atoms with Crippen LogP contribution in [0.5, 0.6) is 0 Å². The summed E-state index contributed by atoms with van der Waals surface area (Å²) in [5, 5.41) is 0. The number of aromatic nitrogens is 2. The van der Waals surface area contributed by atoms with Gasteiger partial charge in [0.15, 0.2) is 0 Å². The number of hydrogen-bond acceptors (Lipinski definition) is 2. The molecule has 0 amide bonds. The first-order valence-corrected chi connectivity index (χ1v) is 5.89. The smallest absolute Gasteiger partial charge is 0.227 e. The maximum Gasteiger partial charge on any atom is 0.227 e. The second-order valence-corrected chi connectivity index (χ2v) is 3.22. The van der Waals surface area contributed by atoms with Crippen LogP contribution in [0.2, 0.25) is 0 Å². The maximum absolute atomic E-state index is 10.5. The van der Waals surface area contributed by atoms with Crippen LogP contribution in [-0.2, 0) is 0 Å². The first kappa shape index (κ1) is 15.9. The van der Waals surface area contributed by atoms with E-state index in [1.165, 1.54) is 23.0 Å². The van der Waals surface area contributed by atoms with Crippen LogP contribution >= 0.6 is 0 Å². The van der Waals surface area contributed by atoms with E-state index in [1.807, 2.05) is 38.1 Å². The molecule has 0 aliphatic carbocycles. The topological polar surface area (TPSA) is 44.0 Å². The Kier molecular flexibility index (Phi) is 7.94. The number of hydrogen-bond donors (Lipinski definition) is 0. The van der Waals surface area contributed by atoms with Crippen LogP contribution in [0.1, 0.15) is 37.3 Å². The maximum atomic E-state index is 10.5. The van der Waals surface area contributed by atoms with E-state index in [2.05, 4.69) is 0 Å². The molecule has 0 N–H and O–H groups in total. The number of rotatable bonds is 0. The van der Waals surface area contributed by atoms with Gasteiger partial charge >= 0.3 is 0 Å². The normalized spacial score (nSPS) is 8.44. The highest BCUT2D eigenvalue weighted by molar-refractivity contribution is 5.76. The lowest BCUT2D eigenvalue weighted by molar-refractivity contribution is 0.0928. The molecule has 98 valence electrons. The Bertz CT molecular complexity index is 398. The minimum absolute atomic E-state index is 0.0509. The van der Waals surface area contributed by atoms with E-state index in [1.54, 1.807) is 24.8 Å². The summed E-state index contributed by atoms with van der Waals surface area (Å²) in [6.45, 7) is 7.06. The third-order valence-corrected chi connectivity index (χ3v) is 1.94. The molecule has 2 aromatic heterocycles. The molecular formula is C14H20N2O2. The molecule has 18 heavy (non-hydrogen) atoms. The lowest BCUT2D eigenvalue weighted by Gasteiger charge is -1.89. The molecule has 2 rings (SSSR count). The average Bonchev–Trinajstić information content (AvgIpc) is 3.06. The first-order chi connectivity index (χ1) is 8.61. The molecule has 0 aromatic carbocycles. The van der Waals surface area contributed by atoms with Crippen molar-refractivity contribution in [3.8, 4) is 0 Å². The van der Waals surface area contributed by atoms with Gasteiger partial charge in [-0.1, -0.05) is 13.8 Å². The predicted molar refractivity (Wildman–Crippen MR) is 72.8 cm³/mol. The fourth-order valence-corrected chi connectivity index (χ4v) is 1.09. The molecule has 0 saturated carbocycles. The largest absolute Gasteiger partial charge is 0.295 e. The van der Waals surface area contributed by atoms with Gasteiger partial charge in [0.1, 0.15) is 0 Å². The molecule has 2 heterocycles. The van der Waals surface area contributed by atoms with E-state index in [-0.39, 0.29) is 11.8 Å². The Morgan fingerprint density at radius 1 is 0.667 bits per heavy atom. The monoisotopic (exact) mass is 248 g/mol. The van der Waals surface area contributed by atoms with Crippen molar-refractivity contribution in [2.24, 2.45) is 0 Å². The Morgan fingerprint density at radius 3 is 1.00 bits per heavy atom. The van der Waals surface area contributed by atoms with Crippen LogP contribution in [0.25, 0.3) is 0 Å². The van der Waals surface area contributed by atoms with Crippen LogP contribution in [0.3, 0.4) is 0 Å². The molecule has 0 fully saturated rings. The van der Waals surface area contributed by atoms with E-state index in [0.29, 0.717) is 0 Å². The van der Waals surface area contributed by atoms with Crippen molar-refractivity contribution < 1.29 is 9.59 Å². The molecule has 0 atom stereocenters. The fourth-order valence-electron chi connectivity index (χ4n) is 1.09. The van der Waals surface area contributed by atoms with E-state index in [9.17, 15) is 9.59 Å². The quantitative estimate of drug-likeness (QED) is 0.717. The summed E-state index contributed by atoms with van der Waals surface area (Å²) in [6.07, 6.45) is 6.90. The van der Waals surface area contributed by atoms with E-state index < -0.39 is 0 Å². The van der Waals surface area contributed by atoms with E-state index in [0.717, 1.165) is 0 Å². The Morgan fingerprint density at radius 2 is 0.889 bits per heavy atom. The lowest BCUT2D eigenvalue weighted by atomic mass is 10.7. The molecule has 0 unspecified atom stereocenters. The second-order valence-electron chi connectivity index (χ2n) is 3.22. The summed E-state index contributed by atoms with van der Waals surface area (Å²) in [4.78, 5) is 20.9. The highest BCUT2D eigenvalue weighted by Crippen LogP contribution is 1.87. The molecule has 0 spiro atoms. The van der Waals surface area contributed by atoms with E-state index in [4.69, 9.17) is 0 Å². The number of carbonyl (C=O) groups excluding carboxylic acids is 2. The lowest BCUT2D eigenvalue weighted by Crippen LogP contribution is -2.00. The van der Waals surface area contributed by atoms with Gasteiger partial charge in [-0.2, -0.15) is 0 Å². The zero-order valence-corrected chi connectivity index (χ0v) is 11.3. The molecule has 0 bridgehead atoms. The number of nitrogens with zero attached hydrogens (tertiary/aromatic N) is 2. The minimum Gasteiger partial charge on any atom is -0.295 e. The van der Waals surface area contributed by atoms with Gasteiger partial charge in [-0.15, -0.1) is 0 Å². The van der Waals surface area contributed by atoms with Crippen LogP contribution < -0.4 is 0 Å². The van der Waals surface area contributed by atoms with Gasteiger partial charge in [0.25, 0.3) is 0 Å². The zero-order chi connectivity index (χ0) is 14.0. The van der Waals surface area contributed by atoms with E-state index >= 15 is 0 Å². The molecule has 0 aliphatic rings. The Balaban J connectivity index is 0.000000283. The molecular weight excluding hydrogens is 228 g/mol. The zero-order valence-electron chi connectivity index (χ0n) is 11.3. The van der Waals surface area contributed by atoms with Crippen molar-refractivity contribution in [3.05, 3.63) is 49.1 Å². The van der Waals surface area contributed by atoms with Crippen molar-refractivity contribution in [2.75, 3.05) is 0 Å². The highest BCUT2D eigenvalue weighted by Gasteiger charge is 1.89. The van der Waals surface area contributed by atoms with Crippen LogP contribution in [0.15, 0.2) is 49.1 Å². The highest BCUT2D eigenvalue weighted by atomic mass is 16.2. The first-order valence-electron chi connectivity index (χ1n) is 5.89. The van der Waals surface area contributed by atoms with Crippen molar-refractivity contribution in [3.63, 3.8) is 0 Å². The van der Waals surface area contributed by atoms with Crippen LogP contribution in [0.4, 0.5) is 0 Å². The van der Waals surface area contributed by atoms with Crippen molar-refractivity contribution >= 4 is 11.8 Å². The summed E-state index contributed by atoms with van der Waals surface area (Å²) in [6, 6.07) is 7.28. The molecule has 4 nitrogen and oxygen atoms in total. The van der Waals surface area contributed by atoms with Crippen LogP contribution in [-0.4, -0.2) is 20.9 Å². The summed E-state index contributed by atoms with van der Waals surface area (Å²) in [5.41, 5.74) is 0. The minimum atomic E-state index is 0.0509. The summed E-state index contributed by atoms with van der Waals surface area (Å²) in [5.74, 6) is 0.102. The predicted octanol–water partition coefficient (Wildman–Crippen LogP) is 3.32. The standard InChI is InChI=1S/2C6H7NO.C2H6/c2*1-6(8)7-4-2-3-5-7;1-2/h2*2-5H,1H3;1-2H3. The van der Waals surface area contributed by atoms with Crippen molar-refractivity contribution in [1.82, 2.24) is 9.13 Å². The molecule has 0 saturated heterocycles. The van der Waals surface area contributed by atoms with Gasteiger partial charge in [0.2, 0.25) is 11.8 Å². The Labute approximate surface area is 108 Å². The molecule has 4 heteroatoms. The van der Waals surface area contributed by atoms with Crippen molar-refractivity contribution in [2.45, 2.75) is 27.7 Å². The van der Waals surface area contributed by atoms with Gasteiger partial charge < -0.3 is 0 Å². The third kappa shape index (κ3) is 5.84. The van der Waals surface area contributed by atoms with Gasteiger partial charge in [-0.3, -0.25) is 18.7 Å². The third-order valence-electron chi connectivity index (χ3n) is 1.94. The summed E-state index contributed by atoms with van der Waals surface area (Å²) in [7, 11) is 0. The average molecular weight is 248 g/mol. The molecule has 2 aromatic rings. The molecule has 0 aliphatic heterocycles. The van der Waals surface area contributed by atoms with Crippen molar-refractivity contribution in [1.29, 1.82) is 0 Å². The van der Waals surface area contributed by atoms with Gasteiger partial charge in [-0.05, 0) is 24.3 Å². The van der Waals surface area contributed by atoms with Gasteiger partial charge in [0.05, 0.1) is 0 Å². The summed E-state index contributed by atoms with van der Waals surface area (Å²) < 4.78 is 3.06. The second kappa shape index (κ2) is 8.98. The van der Waals surface area contributed by atoms with Gasteiger partial charge in [0, 0.05) is 38.6 Å². The number of carbonyl (C=O) groups is 2. The summed E-state index contributed by atoms with van der Waals surface area (Å²) >= 11 is 0. The SMILES string of the molecule is CC.CC(=O)n1cccc1.CC(=O)n1cccc1. The van der Waals surface area contributed by atoms with Crippen LogP contribution in [0, 0.1) is 0 Å². The fraction of sp³-hybridized carbons (Fsp3) is 0.286.